The van der Waals surface area contributed by atoms with Crippen LogP contribution >= 0.6 is 11.8 Å². The van der Waals surface area contributed by atoms with Crippen LogP contribution in [0.15, 0.2) is 60.0 Å². The third kappa shape index (κ3) is 3.42. The van der Waals surface area contributed by atoms with E-state index in [9.17, 15) is 4.79 Å². The normalized spacial score (nSPS) is 15.5. The number of rotatable bonds is 5. The molecular formula is C21H23N5OS. The summed E-state index contributed by atoms with van der Waals surface area (Å²) >= 11 is 1.55. The van der Waals surface area contributed by atoms with Crippen LogP contribution in [0.4, 0.5) is 5.69 Å². The first-order chi connectivity index (χ1) is 13.6. The van der Waals surface area contributed by atoms with Crippen LogP contribution in [-0.4, -0.2) is 37.5 Å². The molecule has 7 heteroatoms. The lowest BCUT2D eigenvalue weighted by atomic mass is 10.1. The molecule has 0 bridgehead atoms. The number of thioether (sulfide) groups is 1. The summed E-state index contributed by atoms with van der Waals surface area (Å²) in [5, 5.41) is 9.50. The van der Waals surface area contributed by atoms with Crippen LogP contribution < -0.4 is 4.90 Å². The first-order valence-electron chi connectivity index (χ1n) is 9.43. The third-order valence-electron chi connectivity index (χ3n) is 5.29. The Morgan fingerprint density at radius 3 is 2.54 bits per heavy atom. The summed E-state index contributed by atoms with van der Waals surface area (Å²) in [7, 11) is 3.80. The van der Waals surface area contributed by atoms with Crippen molar-refractivity contribution < 1.29 is 4.79 Å². The van der Waals surface area contributed by atoms with Crippen molar-refractivity contribution in [1.82, 2.24) is 19.7 Å². The Kier molecular flexibility index (Phi) is 5.17. The second-order valence-corrected chi connectivity index (χ2v) is 8.46. The average Bonchev–Trinajstić information content (AvgIpc) is 3.36. The van der Waals surface area contributed by atoms with Gasteiger partial charge in [-0.3, -0.25) is 9.78 Å². The molecule has 1 fully saturated rings. The number of pyridine rings is 1. The number of anilines is 1. The standard InChI is InChI=1S/C21H23N5OS/c1-25(17-10-4-3-5-11-17)19(27)21(12-6-7-13-21)28-20-24-23-18(26(20)2)16-9-8-14-22-15-16/h3-5,8-11,14-15H,6-7,12-13H2,1-2H3. The van der Waals surface area contributed by atoms with Gasteiger partial charge in [-0.25, -0.2) is 0 Å². The molecular weight excluding hydrogens is 370 g/mol. The molecule has 0 N–H and O–H groups in total. The number of aromatic nitrogens is 4. The van der Waals surface area contributed by atoms with E-state index in [2.05, 4.69) is 15.2 Å². The maximum atomic E-state index is 13.5. The van der Waals surface area contributed by atoms with E-state index in [0.29, 0.717) is 0 Å². The fourth-order valence-corrected chi connectivity index (χ4v) is 5.08. The predicted octanol–water partition coefficient (Wildman–Crippen LogP) is 3.95. The zero-order valence-electron chi connectivity index (χ0n) is 16.1. The highest BCUT2D eigenvalue weighted by atomic mass is 32.2. The lowest BCUT2D eigenvalue weighted by Crippen LogP contribution is -2.43. The zero-order chi connectivity index (χ0) is 19.6. The topological polar surface area (TPSA) is 63.9 Å². The Labute approximate surface area is 169 Å². The molecule has 3 aromatic rings. The highest BCUT2D eigenvalue weighted by molar-refractivity contribution is 8.01. The molecule has 1 aromatic carbocycles. The lowest BCUT2D eigenvalue weighted by Gasteiger charge is -2.31. The van der Waals surface area contributed by atoms with E-state index in [0.717, 1.165) is 47.9 Å². The van der Waals surface area contributed by atoms with Crippen LogP contribution in [0.5, 0.6) is 0 Å². The van der Waals surface area contributed by atoms with Crippen molar-refractivity contribution >= 4 is 23.4 Å². The predicted molar refractivity (Wildman–Crippen MR) is 111 cm³/mol. The minimum absolute atomic E-state index is 0.132. The fourth-order valence-electron chi connectivity index (χ4n) is 3.71. The summed E-state index contributed by atoms with van der Waals surface area (Å²) in [6.45, 7) is 0. The molecule has 6 nitrogen and oxygen atoms in total. The van der Waals surface area contributed by atoms with Gasteiger partial charge in [-0.05, 0) is 37.1 Å². The summed E-state index contributed by atoms with van der Waals surface area (Å²) in [6, 6.07) is 13.6. The van der Waals surface area contributed by atoms with Crippen LogP contribution in [0.1, 0.15) is 25.7 Å². The second-order valence-electron chi connectivity index (χ2n) is 7.11. The summed E-state index contributed by atoms with van der Waals surface area (Å²) in [5.74, 6) is 0.889. The molecule has 0 spiro atoms. The molecule has 1 amide bonds. The van der Waals surface area contributed by atoms with Crippen LogP contribution in [0.2, 0.25) is 0 Å². The molecule has 0 radical (unpaired) electrons. The minimum Gasteiger partial charge on any atom is -0.314 e. The molecule has 1 aliphatic rings. The minimum atomic E-state index is -0.502. The van der Waals surface area contributed by atoms with Gasteiger partial charge in [0.1, 0.15) is 4.75 Å². The smallest absolute Gasteiger partial charge is 0.243 e. The van der Waals surface area contributed by atoms with Crippen LogP contribution in [0.3, 0.4) is 0 Å². The maximum Gasteiger partial charge on any atom is 0.243 e. The maximum absolute atomic E-state index is 13.5. The molecule has 2 heterocycles. The van der Waals surface area contributed by atoms with Gasteiger partial charge >= 0.3 is 0 Å². The summed E-state index contributed by atoms with van der Waals surface area (Å²) in [4.78, 5) is 19.4. The molecule has 4 rings (SSSR count). The Bertz CT molecular complexity index is 951. The lowest BCUT2D eigenvalue weighted by molar-refractivity contribution is -0.120. The van der Waals surface area contributed by atoms with Crippen molar-refractivity contribution in [2.45, 2.75) is 35.6 Å². The number of hydrogen-bond donors (Lipinski definition) is 0. The molecule has 28 heavy (non-hydrogen) atoms. The van der Waals surface area contributed by atoms with E-state index in [1.54, 1.807) is 29.1 Å². The van der Waals surface area contributed by atoms with Crippen molar-refractivity contribution in [3.8, 4) is 11.4 Å². The molecule has 1 saturated carbocycles. The largest absolute Gasteiger partial charge is 0.314 e. The van der Waals surface area contributed by atoms with Crippen LogP contribution in [0, 0.1) is 0 Å². The van der Waals surface area contributed by atoms with Gasteiger partial charge in [0.25, 0.3) is 0 Å². The first-order valence-corrected chi connectivity index (χ1v) is 10.2. The van der Waals surface area contributed by atoms with Crippen molar-refractivity contribution in [2.75, 3.05) is 11.9 Å². The zero-order valence-corrected chi connectivity index (χ0v) is 16.9. The van der Waals surface area contributed by atoms with E-state index >= 15 is 0 Å². The molecule has 0 unspecified atom stereocenters. The third-order valence-corrected chi connectivity index (χ3v) is 6.80. The number of nitrogens with zero attached hydrogens (tertiary/aromatic N) is 5. The van der Waals surface area contributed by atoms with Gasteiger partial charge in [0.05, 0.1) is 0 Å². The van der Waals surface area contributed by atoms with E-state index in [4.69, 9.17) is 0 Å². The van der Waals surface area contributed by atoms with Crippen LogP contribution in [0.25, 0.3) is 11.4 Å². The number of benzene rings is 1. The molecule has 0 saturated heterocycles. The second kappa shape index (κ2) is 7.75. The van der Waals surface area contributed by atoms with E-state index in [1.807, 2.05) is 61.1 Å². The Balaban J connectivity index is 1.63. The van der Waals surface area contributed by atoms with Crippen molar-refractivity contribution in [3.63, 3.8) is 0 Å². The van der Waals surface area contributed by atoms with Gasteiger partial charge in [0, 0.05) is 37.7 Å². The van der Waals surface area contributed by atoms with E-state index in [-0.39, 0.29) is 5.91 Å². The molecule has 0 aliphatic heterocycles. The number of para-hydroxylation sites is 1. The van der Waals surface area contributed by atoms with E-state index in [1.165, 1.54) is 0 Å². The van der Waals surface area contributed by atoms with Gasteiger partial charge in [0.2, 0.25) is 5.91 Å². The molecule has 144 valence electrons. The van der Waals surface area contributed by atoms with Crippen molar-refractivity contribution in [1.29, 1.82) is 0 Å². The molecule has 1 aliphatic carbocycles. The van der Waals surface area contributed by atoms with Gasteiger partial charge in [-0.2, -0.15) is 0 Å². The van der Waals surface area contributed by atoms with Crippen molar-refractivity contribution in [2.24, 2.45) is 7.05 Å². The molecule has 0 atom stereocenters. The Hall–Kier alpha value is -2.67. The van der Waals surface area contributed by atoms with Gasteiger partial charge in [-0.1, -0.05) is 42.8 Å². The van der Waals surface area contributed by atoms with Crippen molar-refractivity contribution in [3.05, 3.63) is 54.9 Å². The van der Waals surface area contributed by atoms with Crippen LogP contribution in [-0.2, 0) is 11.8 Å². The Morgan fingerprint density at radius 1 is 1.11 bits per heavy atom. The van der Waals surface area contributed by atoms with E-state index < -0.39 is 4.75 Å². The highest BCUT2D eigenvalue weighted by Crippen LogP contribution is 2.46. The summed E-state index contributed by atoms with van der Waals surface area (Å²) in [5.41, 5.74) is 1.82. The SMILES string of the molecule is CN(C(=O)C1(Sc2nnc(-c3cccnc3)n2C)CCCC1)c1ccccc1. The Morgan fingerprint density at radius 2 is 1.86 bits per heavy atom. The van der Waals surface area contributed by atoms with Gasteiger partial charge in [-0.15, -0.1) is 10.2 Å². The highest BCUT2D eigenvalue weighted by Gasteiger charge is 2.45. The number of amides is 1. The number of carbonyl (C=O) groups is 1. The quantitative estimate of drug-likeness (QED) is 0.657. The fraction of sp³-hybridized carbons (Fsp3) is 0.333. The van der Waals surface area contributed by atoms with Gasteiger partial charge < -0.3 is 9.47 Å². The summed E-state index contributed by atoms with van der Waals surface area (Å²) < 4.78 is 1.45. The average molecular weight is 394 g/mol. The monoisotopic (exact) mass is 393 g/mol. The number of hydrogen-bond acceptors (Lipinski definition) is 5. The summed E-state index contributed by atoms with van der Waals surface area (Å²) in [6.07, 6.45) is 7.31. The first kappa shape index (κ1) is 18.7. The number of carbonyl (C=O) groups excluding carboxylic acids is 1. The molecule has 2 aromatic heterocycles. The van der Waals surface area contributed by atoms with Gasteiger partial charge in [0.15, 0.2) is 11.0 Å².